The monoisotopic (exact) mass is 367 g/mol. The summed E-state index contributed by atoms with van der Waals surface area (Å²) in [5.41, 5.74) is 1.67. The number of rotatable bonds is 5. The number of aromatic nitrogens is 2. The third-order valence-electron chi connectivity index (χ3n) is 4.90. The molecule has 1 aromatic heterocycles. The molecule has 3 heterocycles. The molecule has 0 aliphatic carbocycles. The molecule has 4 rings (SSSR count). The molecule has 2 fully saturated rings. The quantitative estimate of drug-likeness (QED) is 0.845. The van der Waals surface area contributed by atoms with Crippen LogP contribution in [0.5, 0.6) is 0 Å². The van der Waals surface area contributed by atoms with Gasteiger partial charge in [-0.05, 0) is 56.9 Å². The van der Waals surface area contributed by atoms with Crippen molar-refractivity contribution in [3.05, 3.63) is 36.2 Å². The fraction of sp³-hybridized carbons (Fsp3) is 0.450. The zero-order chi connectivity index (χ0) is 18.6. The number of hydrogen-bond acceptors (Lipinski definition) is 6. The normalized spacial score (nSPS) is 19.3. The first-order valence-electron chi connectivity index (χ1n) is 9.57. The second-order valence-corrected chi connectivity index (χ2v) is 7.05. The summed E-state index contributed by atoms with van der Waals surface area (Å²) in [5.74, 6) is 2.43. The van der Waals surface area contributed by atoms with Gasteiger partial charge in [0, 0.05) is 37.1 Å². The highest BCUT2D eigenvalue weighted by molar-refractivity contribution is 5.94. The van der Waals surface area contributed by atoms with Gasteiger partial charge < -0.3 is 20.3 Å². The van der Waals surface area contributed by atoms with E-state index >= 15 is 0 Å². The zero-order valence-corrected chi connectivity index (χ0v) is 15.6. The van der Waals surface area contributed by atoms with Gasteiger partial charge in [-0.15, -0.1) is 0 Å². The van der Waals surface area contributed by atoms with Crippen LogP contribution >= 0.6 is 0 Å². The van der Waals surface area contributed by atoms with Gasteiger partial charge in [0.1, 0.15) is 23.6 Å². The van der Waals surface area contributed by atoms with Gasteiger partial charge in [-0.25, -0.2) is 9.97 Å². The summed E-state index contributed by atoms with van der Waals surface area (Å²) in [6, 6.07) is 9.61. The van der Waals surface area contributed by atoms with Crippen LogP contribution < -0.4 is 15.5 Å². The molecule has 2 saturated heterocycles. The number of carbonyl (C=O) groups excluding carboxylic acids is 1. The Morgan fingerprint density at radius 1 is 1.11 bits per heavy atom. The second kappa shape index (κ2) is 7.92. The van der Waals surface area contributed by atoms with Crippen molar-refractivity contribution in [1.82, 2.24) is 9.97 Å². The number of nitrogens with zero attached hydrogens (tertiary/aromatic N) is 3. The van der Waals surface area contributed by atoms with Crippen molar-refractivity contribution < 1.29 is 9.53 Å². The lowest BCUT2D eigenvalue weighted by atomic mass is 10.2. The Labute approximate surface area is 159 Å². The van der Waals surface area contributed by atoms with Gasteiger partial charge in [0.15, 0.2) is 0 Å². The van der Waals surface area contributed by atoms with E-state index in [1.54, 1.807) is 0 Å². The fourth-order valence-electron chi connectivity index (χ4n) is 3.52. The topological polar surface area (TPSA) is 79.4 Å². The number of hydrogen-bond donors (Lipinski definition) is 2. The molecule has 0 radical (unpaired) electrons. The predicted molar refractivity (Wildman–Crippen MR) is 106 cm³/mol. The Bertz CT molecular complexity index is 797. The molecule has 2 aliphatic rings. The fourth-order valence-corrected chi connectivity index (χ4v) is 3.52. The average Bonchev–Trinajstić information content (AvgIpc) is 3.37. The summed E-state index contributed by atoms with van der Waals surface area (Å²) in [6.07, 6.45) is 3.84. The summed E-state index contributed by atoms with van der Waals surface area (Å²) in [7, 11) is 0. The van der Waals surface area contributed by atoms with E-state index in [-0.39, 0.29) is 12.0 Å². The van der Waals surface area contributed by atoms with E-state index in [1.807, 2.05) is 37.3 Å². The minimum atomic E-state index is -0.323. The molecule has 2 aromatic rings. The first-order valence-corrected chi connectivity index (χ1v) is 9.57. The number of nitrogens with one attached hydrogen (secondary N) is 2. The lowest BCUT2D eigenvalue weighted by Gasteiger charge is -2.18. The van der Waals surface area contributed by atoms with Gasteiger partial charge in [-0.2, -0.15) is 0 Å². The Hall–Kier alpha value is -2.67. The molecule has 1 atom stereocenters. The molecule has 0 saturated carbocycles. The maximum Gasteiger partial charge on any atom is 0.253 e. The van der Waals surface area contributed by atoms with Crippen molar-refractivity contribution in [2.24, 2.45) is 0 Å². The highest BCUT2D eigenvalue weighted by Crippen LogP contribution is 2.24. The van der Waals surface area contributed by atoms with Crippen molar-refractivity contribution in [2.45, 2.75) is 38.7 Å². The van der Waals surface area contributed by atoms with Crippen molar-refractivity contribution in [1.29, 1.82) is 0 Å². The molecule has 27 heavy (non-hydrogen) atoms. The number of aryl methyl sites for hydroxylation is 1. The smallest absolute Gasteiger partial charge is 0.253 e. The van der Waals surface area contributed by atoms with E-state index in [0.29, 0.717) is 6.61 Å². The lowest BCUT2D eigenvalue weighted by Crippen LogP contribution is -2.26. The Kier molecular flexibility index (Phi) is 5.20. The summed E-state index contributed by atoms with van der Waals surface area (Å²) < 4.78 is 5.41. The van der Waals surface area contributed by atoms with Crippen LogP contribution in [0.4, 0.5) is 23.0 Å². The lowest BCUT2D eigenvalue weighted by molar-refractivity contribution is -0.124. The van der Waals surface area contributed by atoms with Crippen LogP contribution in [0.1, 0.15) is 31.5 Å². The largest absolute Gasteiger partial charge is 0.368 e. The van der Waals surface area contributed by atoms with Crippen LogP contribution in [0.15, 0.2) is 30.3 Å². The third-order valence-corrected chi connectivity index (χ3v) is 4.90. The summed E-state index contributed by atoms with van der Waals surface area (Å²) in [5, 5.41) is 6.24. The third kappa shape index (κ3) is 4.36. The highest BCUT2D eigenvalue weighted by atomic mass is 16.5. The summed E-state index contributed by atoms with van der Waals surface area (Å²) >= 11 is 0. The number of benzene rings is 1. The van der Waals surface area contributed by atoms with Gasteiger partial charge >= 0.3 is 0 Å². The molecular formula is C20H25N5O2. The molecule has 1 amide bonds. The van der Waals surface area contributed by atoms with E-state index < -0.39 is 0 Å². The van der Waals surface area contributed by atoms with Gasteiger partial charge in [-0.1, -0.05) is 0 Å². The van der Waals surface area contributed by atoms with E-state index in [4.69, 9.17) is 4.74 Å². The van der Waals surface area contributed by atoms with Gasteiger partial charge in [0.25, 0.3) is 5.91 Å². The van der Waals surface area contributed by atoms with E-state index in [2.05, 4.69) is 25.5 Å². The maximum atomic E-state index is 12.1. The van der Waals surface area contributed by atoms with Crippen molar-refractivity contribution >= 4 is 28.9 Å². The highest BCUT2D eigenvalue weighted by Gasteiger charge is 2.23. The standard InChI is InChI=1S/C20H25N5O2/c1-14-21-18(13-19(22-14)25-10-2-3-11-25)23-15-6-8-16(9-7-15)24-20(26)17-5-4-12-27-17/h6-9,13,17H,2-5,10-12H2,1H3,(H,24,26)(H,21,22,23)/t17-/m1/s1. The van der Waals surface area contributed by atoms with E-state index in [0.717, 1.165) is 54.8 Å². The number of ether oxygens (including phenoxy) is 1. The Morgan fingerprint density at radius 3 is 2.56 bits per heavy atom. The Balaban J connectivity index is 1.41. The zero-order valence-electron chi connectivity index (χ0n) is 15.6. The van der Waals surface area contributed by atoms with E-state index in [9.17, 15) is 4.79 Å². The molecule has 142 valence electrons. The molecule has 0 spiro atoms. The second-order valence-electron chi connectivity index (χ2n) is 7.05. The molecule has 2 N–H and O–H groups in total. The SMILES string of the molecule is Cc1nc(Nc2ccc(NC(=O)[C@H]3CCCO3)cc2)cc(N2CCCC2)n1. The van der Waals surface area contributed by atoms with Crippen molar-refractivity contribution in [2.75, 3.05) is 35.2 Å². The first-order chi connectivity index (χ1) is 13.2. The number of anilines is 4. The van der Waals surface area contributed by atoms with Crippen LogP contribution in [0.3, 0.4) is 0 Å². The molecule has 2 aliphatic heterocycles. The van der Waals surface area contributed by atoms with Crippen molar-refractivity contribution in [3.63, 3.8) is 0 Å². The van der Waals surface area contributed by atoms with Gasteiger partial charge in [0.2, 0.25) is 0 Å². The van der Waals surface area contributed by atoms with E-state index in [1.165, 1.54) is 12.8 Å². The molecule has 0 bridgehead atoms. The maximum absolute atomic E-state index is 12.1. The minimum Gasteiger partial charge on any atom is -0.368 e. The van der Waals surface area contributed by atoms with Crippen LogP contribution in [-0.2, 0) is 9.53 Å². The number of amides is 1. The van der Waals surface area contributed by atoms with Crippen molar-refractivity contribution in [3.8, 4) is 0 Å². The van der Waals surface area contributed by atoms with Crippen LogP contribution in [-0.4, -0.2) is 41.7 Å². The Morgan fingerprint density at radius 2 is 1.85 bits per heavy atom. The predicted octanol–water partition coefficient (Wildman–Crippen LogP) is 3.25. The summed E-state index contributed by atoms with van der Waals surface area (Å²) in [4.78, 5) is 23.5. The molecule has 7 heteroatoms. The van der Waals surface area contributed by atoms with Crippen LogP contribution in [0, 0.1) is 6.92 Å². The van der Waals surface area contributed by atoms with Gasteiger partial charge in [-0.3, -0.25) is 4.79 Å². The number of carbonyl (C=O) groups is 1. The van der Waals surface area contributed by atoms with Gasteiger partial charge in [0.05, 0.1) is 0 Å². The van der Waals surface area contributed by atoms with Crippen LogP contribution in [0.2, 0.25) is 0 Å². The minimum absolute atomic E-state index is 0.0742. The van der Waals surface area contributed by atoms with Crippen LogP contribution in [0.25, 0.3) is 0 Å². The summed E-state index contributed by atoms with van der Waals surface area (Å²) in [6.45, 7) is 4.68. The molecular weight excluding hydrogens is 342 g/mol. The molecule has 0 unspecified atom stereocenters. The molecule has 7 nitrogen and oxygen atoms in total. The first kappa shape index (κ1) is 17.7. The average molecular weight is 367 g/mol. The molecule has 1 aromatic carbocycles.